The number of quaternary nitrogens is 1. The number of carboxylic acids is 3. The number of amides is 2. The fraction of sp³-hybridized carbons (Fsp3) is 0.632. The number of hydrogen-bond donors (Lipinski definition) is 8. The highest BCUT2D eigenvalue weighted by Gasteiger charge is 2.34. The molecule has 2 amide bonds. The number of aliphatic hydroxyl groups excluding tert-OH is 1. The lowest BCUT2D eigenvalue weighted by Crippen LogP contribution is -2.51. The molecule has 0 aromatic rings. The summed E-state index contributed by atoms with van der Waals surface area (Å²) in [5, 5.41) is 62.6. The van der Waals surface area contributed by atoms with Gasteiger partial charge in [-0.3, -0.25) is 40.6 Å². The maximum atomic E-state index is 10.4. The zero-order chi connectivity index (χ0) is 28.9. The van der Waals surface area contributed by atoms with Crippen LogP contribution in [0.5, 0.6) is 0 Å². The minimum Gasteiger partial charge on any atom is -0.547 e. The Hall–Kier alpha value is -3.83. The Kier molecular flexibility index (Phi) is 14.5. The second-order valence-electron chi connectivity index (χ2n) is 8.70. The van der Waals surface area contributed by atoms with E-state index in [1.54, 1.807) is 23.9 Å². The van der Waals surface area contributed by atoms with Crippen molar-refractivity contribution < 1.29 is 54.0 Å². The van der Waals surface area contributed by atoms with Crippen LogP contribution in [0.4, 0.5) is 0 Å². The molecule has 2 saturated heterocycles. The first-order valence-corrected chi connectivity index (χ1v) is 10.2. The molecule has 0 atom stereocenters. The molecule has 0 bridgehead atoms. The van der Waals surface area contributed by atoms with Crippen molar-refractivity contribution in [2.24, 2.45) is 0 Å². The largest absolute Gasteiger partial charge is 0.547 e. The van der Waals surface area contributed by atoms with E-state index in [4.69, 9.17) is 31.2 Å². The van der Waals surface area contributed by atoms with Crippen LogP contribution in [0.25, 0.3) is 0 Å². The number of nitrogens with one attached hydrogen (secondary N) is 4. The fourth-order valence-electron chi connectivity index (χ4n) is 2.13. The monoisotopic (exact) mass is 521 g/mol. The Morgan fingerprint density at radius 3 is 1.36 bits per heavy atom. The van der Waals surface area contributed by atoms with Crippen molar-refractivity contribution in [2.75, 3.05) is 61.5 Å². The average molecular weight is 522 g/mol. The van der Waals surface area contributed by atoms with Crippen molar-refractivity contribution in [3.8, 4) is 0 Å². The number of rotatable bonds is 7. The number of carbonyl (C=O) groups excluding carboxylic acids is 3. The van der Waals surface area contributed by atoms with Crippen molar-refractivity contribution in [3.05, 3.63) is 0 Å². The summed E-state index contributed by atoms with van der Waals surface area (Å²) in [7, 11) is 9.54. The van der Waals surface area contributed by atoms with Gasteiger partial charge in [-0.25, -0.2) is 0 Å². The molecule has 8 N–H and O–H groups in total. The van der Waals surface area contributed by atoms with E-state index in [9.17, 15) is 29.1 Å². The fourth-order valence-corrected chi connectivity index (χ4v) is 2.13. The maximum Gasteiger partial charge on any atom is 0.306 e. The molecule has 0 radical (unpaired) electrons. The molecule has 17 heteroatoms. The summed E-state index contributed by atoms with van der Waals surface area (Å²) in [5.41, 5.74) is -2.85. The minimum atomic E-state index is -2.85. The number of carbonyl (C=O) groups is 5. The number of likely N-dealkylation sites (N-methyl/N-ethyl adjacent to an activating group) is 3. The Morgan fingerprint density at radius 2 is 1.28 bits per heavy atom. The van der Waals surface area contributed by atoms with Gasteiger partial charge in [0.25, 0.3) is 0 Å². The summed E-state index contributed by atoms with van der Waals surface area (Å²) >= 11 is 0. The van der Waals surface area contributed by atoms with Gasteiger partial charge in [0.2, 0.25) is 11.8 Å². The summed E-state index contributed by atoms with van der Waals surface area (Å²) in [6, 6.07) is 0. The van der Waals surface area contributed by atoms with E-state index in [1.165, 1.54) is 0 Å². The van der Waals surface area contributed by atoms with Gasteiger partial charge in [0, 0.05) is 14.1 Å². The Labute approximate surface area is 207 Å². The van der Waals surface area contributed by atoms with E-state index in [0.717, 1.165) is 11.0 Å². The normalized spacial score (nSPS) is 14.9. The van der Waals surface area contributed by atoms with Crippen LogP contribution in [-0.2, 0) is 24.0 Å². The number of aliphatic carboxylic acids is 3. The Bertz CT molecular complexity index is 791. The highest BCUT2D eigenvalue weighted by Crippen LogP contribution is 2.14. The van der Waals surface area contributed by atoms with Crippen LogP contribution in [0.1, 0.15) is 12.8 Å². The van der Waals surface area contributed by atoms with Crippen LogP contribution in [0, 0.1) is 10.8 Å². The Balaban J connectivity index is 0. The number of nitrogens with zero attached hydrogens (tertiary/aromatic N) is 3. The van der Waals surface area contributed by atoms with Crippen LogP contribution in [0.3, 0.4) is 0 Å². The molecule has 2 aliphatic rings. The van der Waals surface area contributed by atoms with Gasteiger partial charge in [-0.05, 0) is 0 Å². The van der Waals surface area contributed by atoms with E-state index >= 15 is 0 Å². The third-order valence-electron chi connectivity index (χ3n) is 4.08. The van der Waals surface area contributed by atoms with Gasteiger partial charge >= 0.3 is 11.9 Å². The molecule has 2 fully saturated rings. The van der Waals surface area contributed by atoms with E-state index in [-0.39, 0.29) is 30.3 Å². The standard InChI is InChI=1S/C6H8O7.C5H14NO.2C4H7N3O/c7-3(8)1-6(13,5(11)12)2-4(9)10;1-6(2,3)4-5-7;2*1-7-2-3(8)6-4(7)5/h13H,1-2H2,(H,7,8)(H,9,10)(H,11,12);7H,4-5H2,1-3H3;2*2H2,1H3,(H2,5,6,8)/q;+1;;/p-1. The molecule has 36 heavy (non-hydrogen) atoms. The van der Waals surface area contributed by atoms with Gasteiger partial charge in [-0.1, -0.05) is 0 Å². The first-order valence-electron chi connectivity index (χ1n) is 10.2. The van der Waals surface area contributed by atoms with Crippen molar-refractivity contribution in [2.45, 2.75) is 18.4 Å². The molecule has 0 saturated carbocycles. The van der Waals surface area contributed by atoms with Crippen LogP contribution < -0.4 is 15.7 Å². The predicted molar refractivity (Wildman–Crippen MR) is 121 cm³/mol. The minimum absolute atomic E-state index is 0.0995. The molecule has 0 spiro atoms. The van der Waals surface area contributed by atoms with Crippen molar-refractivity contribution in [1.29, 1.82) is 10.8 Å². The highest BCUT2D eigenvalue weighted by atomic mass is 16.4. The van der Waals surface area contributed by atoms with E-state index < -0.39 is 36.4 Å². The van der Waals surface area contributed by atoms with Crippen molar-refractivity contribution >= 4 is 41.6 Å². The number of guanidine groups is 2. The molecule has 17 nitrogen and oxygen atoms in total. The van der Waals surface area contributed by atoms with Gasteiger partial charge in [0.15, 0.2) is 11.9 Å². The van der Waals surface area contributed by atoms with Gasteiger partial charge in [-0.2, -0.15) is 0 Å². The lowest BCUT2D eigenvalue weighted by molar-refractivity contribution is -0.870. The molecular formula is C19H35N7O10. The second kappa shape index (κ2) is 15.2. The number of aliphatic hydroxyl groups is 2. The molecule has 206 valence electrons. The molecular weight excluding hydrogens is 486 g/mol. The zero-order valence-corrected chi connectivity index (χ0v) is 20.8. The van der Waals surface area contributed by atoms with E-state index in [0.29, 0.717) is 13.1 Å². The van der Waals surface area contributed by atoms with Crippen molar-refractivity contribution in [3.63, 3.8) is 0 Å². The average Bonchev–Trinajstić information content (AvgIpc) is 3.11. The van der Waals surface area contributed by atoms with E-state index in [1.807, 2.05) is 0 Å². The van der Waals surface area contributed by atoms with Crippen LogP contribution in [0.15, 0.2) is 0 Å². The number of carboxylic acid groups (broad SMARTS) is 3. The topological polar surface area (TPSA) is 268 Å². The van der Waals surface area contributed by atoms with Crippen LogP contribution >= 0.6 is 0 Å². The highest BCUT2D eigenvalue weighted by molar-refractivity contribution is 6.03. The lowest BCUT2D eigenvalue weighted by Gasteiger charge is -2.25. The molecule has 0 aromatic heterocycles. The summed E-state index contributed by atoms with van der Waals surface area (Å²) < 4.78 is 0.844. The smallest absolute Gasteiger partial charge is 0.306 e. The maximum absolute atomic E-state index is 10.4. The third-order valence-corrected chi connectivity index (χ3v) is 4.08. The molecule has 2 aliphatic heterocycles. The molecule has 0 unspecified atom stereocenters. The number of hydrogen-bond acceptors (Lipinski definition) is 10. The lowest BCUT2D eigenvalue weighted by atomic mass is 9.96. The van der Waals surface area contributed by atoms with Gasteiger partial charge in [-0.15, -0.1) is 0 Å². The van der Waals surface area contributed by atoms with Crippen LogP contribution in [0.2, 0.25) is 0 Å². The predicted octanol–water partition coefficient (Wildman–Crippen LogP) is -4.93. The SMILES string of the molecule is CN1CC(=O)NC1=N.CN1CC(=O)NC1=N.C[N+](C)(C)CCO.O=C(O)CC(O)(CC(=O)O)C(=O)[O-]. The second-order valence-corrected chi connectivity index (χ2v) is 8.70. The summed E-state index contributed by atoms with van der Waals surface area (Å²) in [4.78, 5) is 54.1. The van der Waals surface area contributed by atoms with Crippen molar-refractivity contribution in [1.82, 2.24) is 20.4 Å². The molecule has 2 heterocycles. The molecule has 0 aliphatic carbocycles. The van der Waals surface area contributed by atoms with Crippen LogP contribution in [-0.4, -0.2) is 143 Å². The van der Waals surface area contributed by atoms with Gasteiger partial charge in [0.1, 0.15) is 12.1 Å². The summed E-state index contributed by atoms with van der Waals surface area (Å²) in [6.45, 7) is 1.75. The quantitative estimate of drug-likeness (QED) is 0.146. The third kappa shape index (κ3) is 15.9. The molecule has 2 rings (SSSR count). The first kappa shape index (κ1) is 34.3. The van der Waals surface area contributed by atoms with E-state index in [2.05, 4.69) is 31.8 Å². The Morgan fingerprint density at radius 1 is 0.944 bits per heavy atom. The zero-order valence-electron chi connectivity index (χ0n) is 20.8. The summed E-state index contributed by atoms with van der Waals surface area (Å²) in [6.07, 6.45) is -2.41. The summed E-state index contributed by atoms with van der Waals surface area (Å²) in [5.74, 6) is -5.17. The van der Waals surface area contributed by atoms with Gasteiger partial charge in [0.05, 0.1) is 59.7 Å². The molecule has 0 aromatic carbocycles. The van der Waals surface area contributed by atoms with Gasteiger partial charge < -0.3 is 44.6 Å². The first-order chi connectivity index (χ1) is 16.2.